The molecule has 2 aliphatic carbocycles. The van der Waals surface area contributed by atoms with Gasteiger partial charge in [-0.2, -0.15) is 0 Å². The fourth-order valence-corrected chi connectivity index (χ4v) is 3.20. The summed E-state index contributed by atoms with van der Waals surface area (Å²) in [6.45, 7) is 0. The number of hydrogen-bond donors (Lipinski definition) is 0. The van der Waals surface area contributed by atoms with Crippen LogP contribution in [0, 0.1) is 11.8 Å². The molecule has 0 radical (unpaired) electrons. The zero-order valence-corrected chi connectivity index (χ0v) is 6.77. The van der Waals surface area contributed by atoms with E-state index in [0.29, 0.717) is 16.7 Å². The van der Waals surface area contributed by atoms with Crippen molar-refractivity contribution in [3.63, 3.8) is 0 Å². The second-order valence-corrected chi connectivity index (χ2v) is 4.37. The Hall–Kier alpha value is 0.410. The van der Waals surface area contributed by atoms with E-state index in [9.17, 15) is 4.39 Å². The minimum atomic E-state index is -0.477. The minimum Gasteiger partial charge on any atom is -0.247 e. The maximum absolute atomic E-state index is 13.0. The predicted molar refractivity (Wildman–Crippen MR) is 38.4 cm³/mol. The van der Waals surface area contributed by atoms with Crippen LogP contribution >= 0.6 is 15.9 Å². The molecule has 0 aromatic rings. The highest BCUT2D eigenvalue weighted by Crippen LogP contribution is 2.49. The van der Waals surface area contributed by atoms with Crippen molar-refractivity contribution >= 4 is 15.9 Å². The molecule has 2 heteroatoms. The fourth-order valence-electron chi connectivity index (χ4n) is 2.17. The second-order valence-electron chi connectivity index (χ2n) is 3.20. The lowest BCUT2D eigenvalue weighted by atomic mass is 10.0. The van der Waals surface area contributed by atoms with Gasteiger partial charge in [-0.3, -0.25) is 0 Å². The van der Waals surface area contributed by atoms with Gasteiger partial charge in [-0.25, -0.2) is 4.39 Å². The smallest absolute Gasteiger partial charge is 0.107 e. The summed E-state index contributed by atoms with van der Waals surface area (Å²) in [5.41, 5.74) is 0. The highest BCUT2D eigenvalue weighted by molar-refractivity contribution is 9.09. The van der Waals surface area contributed by atoms with Gasteiger partial charge in [0, 0.05) is 10.7 Å². The molecule has 2 aliphatic rings. The molecule has 0 nitrogen and oxygen atoms in total. The van der Waals surface area contributed by atoms with Crippen LogP contribution in [0.2, 0.25) is 0 Å². The van der Waals surface area contributed by atoms with Gasteiger partial charge >= 0.3 is 0 Å². The fraction of sp³-hybridized carbons (Fsp3) is 1.00. The zero-order chi connectivity index (χ0) is 6.43. The van der Waals surface area contributed by atoms with E-state index in [1.165, 1.54) is 0 Å². The molecule has 2 fully saturated rings. The molecule has 4 atom stereocenters. The van der Waals surface area contributed by atoms with Crippen LogP contribution in [0.25, 0.3) is 0 Å². The van der Waals surface area contributed by atoms with E-state index >= 15 is 0 Å². The van der Waals surface area contributed by atoms with Gasteiger partial charge in [0.25, 0.3) is 0 Å². The lowest BCUT2D eigenvalue weighted by Crippen LogP contribution is -2.11. The lowest BCUT2D eigenvalue weighted by Gasteiger charge is -2.12. The molecule has 0 N–H and O–H groups in total. The Morgan fingerprint density at radius 3 is 2.33 bits per heavy atom. The van der Waals surface area contributed by atoms with E-state index in [1.807, 2.05) is 0 Å². The summed E-state index contributed by atoms with van der Waals surface area (Å²) >= 11 is 3.50. The first-order valence-corrected chi connectivity index (χ1v) is 4.49. The van der Waals surface area contributed by atoms with Crippen molar-refractivity contribution in [2.45, 2.75) is 30.3 Å². The molecular weight excluding hydrogens is 183 g/mol. The van der Waals surface area contributed by atoms with E-state index < -0.39 is 6.17 Å². The van der Waals surface area contributed by atoms with Crippen molar-refractivity contribution in [2.75, 3.05) is 0 Å². The van der Waals surface area contributed by atoms with Crippen LogP contribution in [0.15, 0.2) is 0 Å². The lowest BCUT2D eigenvalue weighted by molar-refractivity contribution is 0.264. The minimum absolute atomic E-state index is 0.356. The summed E-state index contributed by atoms with van der Waals surface area (Å²) in [7, 11) is 0. The first kappa shape index (κ1) is 6.14. The molecule has 2 saturated carbocycles. The topological polar surface area (TPSA) is 0 Å². The van der Waals surface area contributed by atoms with Gasteiger partial charge < -0.3 is 0 Å². The number of hydrogen-bond acceptors (Lipinski definition) is 0. The third kappa shape index (κ3) is 0.754. The zero-order valence-electron chi connectivity index (χ0n) is 5.19. The summed E-state index contributed by atoms with van der Waals surface area (Å²) in [4.78, 5) is 0.492. The molecule has 0 aliphatic heterocycles. The van der Waals surface area contributed by atoms with Gasteiger partial charge in [0.1, 0.15) is 6.17 Å². The van der Waals surface area contributed by atoms with Crippen molar-refractivity contribution in [2.24, 2.45) is 11.8 Å². The third-order valence-corrected chi connectivity index (χ3v) is 3.78. The molecule has 2 bridgehead atoms. The predicted octanol–water partition coefficient (Wildman–Crippen LogP) is 2.52. The van der Waals surface area contributed by atoms with Crippen LogP contribution in [-0.2, 0) is 0 Å². The second kappa shape index (κ2) is 1.94. The molecular formula is C7H10BrF. The van der Waals surface area contributed by atoms with Gasteiger partial charge in [-0.1, -0.05) is 15.9 Å². The Bertz CT molecular complexity index is 126. The summed E-state index contributed by atoms with van der Waals surface area (Å²) in [6, 6.07) is 0. The Morgan fingerprint density at radius 1 is 1.33 bits per heavy atom. The molecule has 0 heterocycles. The highest BCUT2D eigenvalue weighted by Gasteiger charge is 2.47. The quantitative estimate of drug-likeness (QED) is 0.518. The SMILES string of the molecule is FC1C2CCC1C(Br)C2. The van der Waals surface area contributed by atoms with Crippen molar-refractivity contribution in [3.8, 4) is 0 Å². The molecule has 52 valence electrons. The van der Waals surface area contributed by atoms with Crippen molar-refractivity contribution < 1.29 is 4.39 Å². The molecule has 2 rings (SSSR count). The van der Waals surface area contributed by atoms with Crippen LogP contribution in [0.4, 0.5) is 4.39 Å². The van der Waals surface area contributed by atoms with E-state index in [-0.39, 0.29) is 0 Å². The Morgan fingerprint density at radius 2 is 2.11 bits per heavy atom. The Kier molecular flexibility index (Phi) is 1.33. The number of fused-ring (bicyclic) bond motifs is 2. The maximum Gasteiger partial charge on any atom is 0.107 e. The highest BCUT2D eigenvalue weighted by atomic mass is 79.9. The Labute approximate surface area is 63.0 Å². The number of halogens is 2. The molecule has 4 unspecified atom stereocenters. The maximum atomic E-state index is 13.0. The first-order chi connectivity index (χ1) is 4.29. The van der Waals surface area contributed by atoms with Crippen LogP contribution in [0.3, 0.4) is 0 Å². The molecule has 0 aromatic carbocycles. The van der Waals surface area contributed by atoms with E-state index in [1.54, 1.807) is 0 Å². The normalized spacial score (nSPS) is 56.7. The van der Waals surface area contributed by atoms with Crippen molar-refractivity contribution in [1.82, 2.24) is 0 Å². The van der Waals surface area contributed by atoms with E-state index in [4.69, 9.17) is 0 Å². The average molecular weight is 193 g/mol. The van der Waals surface area contributed by atoms with Crippen LogP contribution in [0.5, 0.6) is 0 Å². The van der Waals surface area contributed by atoms with Gasteiger partial charge in [-0.15, -0.1) is 0 Å². The van der Waals surface area contributed by atoms with Crippen molar-refractivity contribution in [3.05, 3.63) is 0 Å². The summed E-state index contributed by atoms with van der Waals surface area (Å²) in [6.07, 6.45) is 2.84. The van der Waals surface area contributed by atoms with E-state index in [0.717, 1.165) is 19.3 Å². The van der Waals surface area contributed by atoms with Gasteiger partial charge in [-0.05, 0) is 25.2 Å². The largest absolute Gasteiger partial charge is 0.247 e. The standard InChI is InChI=1S/C7H10BrF/c8-6-3-4-1-2-5(6)7(4)9/h4-7H,1-3H2. The van der Waals surface area contributed by atoms with Gasteiger partial charge in [0.2, 0.25) is 0 Å². The average Bonchev–Trinajstić information content (AvgIpc) is 2.25. The third-order valence-electron chi connectivity index (χ3n) is 2.72. The van der Waals surface area contributed by atoms with Crippen molar-refractivity contribution in [1.29, 1.82) is 0 Å². The summed E-state index contributed by atoms with van der Waals surface area (Å²) in [5.74, 6) is 0.759. The number of rotatable bonds is 0. The van der Waals surface area contributed by atoms with E-state index in [2.05, 4.69) is 15.9 Å². The summed E-state index contributed by atoms with van der Waals surface area (Å²) < 4.78 is 13.0. The molecule has 0 spiro atoms. The van der Waals surface area contributed by atoms with Crippen LogP contribution < -0.4 is 0 Å². The monoisotopic (exact) mass is 192 g/mol. The molecule has 0 saturated heterocycles. The van der Waals surface area contributed by atoms with Crippen LogP contribution in [-0.4, -0.2) is 11.0 Å². The van der Waals surface area contributed by atoms with Gasteiger partial charge in [0.05, 0.1) is 0 Å². The Balaban J connectivity index is 2.16. The molecule has 0 aromatic heterocycles. The number of alkyl halides is 2. The molecule has 0 amide bonds. The summed E-state index contributed by atoms with van der Waals surface area (Å²) in [5, 5.41) is 0. The van der Waals surface area contributed by atoms with Crippen LogP contribution in [0.1, 0.15) is 19.3 Å². The first-order valence-electron chi connectivity index (χ1n) is 3.57. The molecule has 9 heavy (non-hydrogen) atoms. The van der Waals surface area contributed by atoms with Gasteiger partial charge in [0.15, 0.2) is 0 Å².